The highest BCUT2D eigenvalue weighted by molar-refractivity contribution is 6.00. The zero-order valence-electron chi connectivity index (χ0n) is 17.8. The molecule has 0 aromatic heterocycles. The minimum Gasteiger partial charge on any atom is -0.455 e. The van der Waals surface area contributed by atoms with Gasteiger partial charge in [0.25, 0.3) is 5.91 Å². The van der Waals surface area contributed by atoms with E-state index >= 15 is 0 Å². The van der Waals surface area contributed by atoms with Gasteiger partial charge in [-0.1, -0.05) is 49.4 Å². The minimum absolute atomic E-state index is 0.0507. The standard InChI is InChI=1S/C25H28N2O4/c1-2-17-8-4-6-13-22(17)27-15-19(14-24(27)29)25(30)31-16-23(28)26-21-12-7-10-18-9-3-5-11-20(18)21/h3-6,8-9,11,13,19,21H,2,7,10,12,14-16H2,1H3,(H,26,28)/t19-,21+/m0/s1. The van der Waals surface area contributed by atoms with E-state index in [0.29, 0.717) is 0 Å². The van der Waals surface area contributed by atoms with Crippen LogP contribution in [0.4, 0.5) is 5.69 Å². The monoisotopic (exact) mass is 420 g/mol. The Bertz CT molecular complexity index is 987. The predicted molar refractivity (Wildman–Crippen MR) is 118 cm³/mol. The van der Waals surface area contributed by atoms with Crippen molar-refractivity contribution in [2.24, 2.45) is 5.92 Å². The Labute approximate surface area is 182 Å². The maximum atomic E-state index is 12.5. The molecule has 2 aliphatic rings. The van der Waals surface area contributed by atoms with E-state index in [9.17, 15) is 14.4 Å². The molecule has 162 valence electrons. The van der Waals surface area contributed by atoms with Crippen molar-refractivity contribution in [3.8, 4) is 0 Å². The van der Waals surface area contributed by atoms with E-state index in [0.717, 1.165) is 42.5 Å². The van der Waals surface area contributed by atoms with Crippen LogP contribution in [-0.4, -0.2) is 30.9 Å². The number of nitrogens with one attached hydrogen (secondary N) is 1. The predicted octanol–water partition coefficient (Wildman–Crippen LogP) is 3.34. The number of benzene rings is 2. The molecule has 0 saturated carbocycles. The maximum absolute atomic E-state index is 12.5. The molecule has 1 aliphatic heterocycles. The van der Waals surface area contributed by atoms with E-state index < -0.39 is 11.9 Å². The number of hydrogen-bond acceptors (Lipinski definition) is 4. The smallest absolute Gasteiger partial charge is 0.311 e. The molecule has 0 radical (unpaired) electrons. The molecule has 1 heterocycles. The molecular weight excluding hydrogens is 392 g/mol. The molecule has 0 bridgehead atoms. The summed E-state index contributed by atoms with van der Waals surface area (Å²) in [7, 11) is 0. The molecule has 0 unspecified atom stereocenters. The van der Waals surface area contributed by atoms with Gasteiger partial charge in [-0.25, -0.2) is 0 Å². The molecule has 2 amide bonds. The minimum atomic E-state index is -0.555. The Hall–Kier alpha value is -3.15. The summed E-state index contributed by atoms with van der Waals surface area (Å²) in [5.41, 5.74) is 4.31. The topological polar surface area (TPSA) is 75.7 Å². The molecule has 2 atom stereocenters. The van der Waals surface area contributed by atoms with Gasteiger partial charge in [-0.2, -0.15) is 0 Å². The Morgan fingerprint density at radius 3 is 2.74 bits per heavy atom. The van der Waals surface area contributed by atoms with Gasteiger partial charge >= 0.3 is 5.97 Å². The summed E-state index contributed by atoms with van der Waals surface area (Å²) in [6, 6.07) is 15.8. The summed E-state index contributed by atoms with van der Waals surface area (Å²) in [5, 5.41) is 2.99. The highest BCUT2D eigenvalue weighted by Gasteiger charge is 2.37. The number of fused-ring (bicyclic) bond motifs is 1. The van der Waals surface area contributed by atoms with Crippen molar-refractivity contribution in [3.63, 3.8) is 0 Å². The van der Waals surface area contributed by atoms with Crippen LogP contribution in [0.5, 0.6) is 0 Å². The first-order chi connectivity index (χ1) is 15.1. The first kappa shape index (κ1) is 21.1. The number of ether oxygens (including phenoxy) is 1. The fourth-order valence-electron chi connectivity index (χ4n) is 4.57. The van der Waals surface area contributed by atoms with Crippen molar-refractivity contribution in [2.75, 3.05) is 18.1 Å². The van der Waals surface area contributed by atoms with Gasteiger partial charge in [-0.05, 0) is 48.4 Å². The number of para-hydroxylation sites is 1. The number of carbonyl (C=O) groups excluding carboxylic acids is 3. The molecule has 1 aliphatic carbocycles. The van der Waals surface area contributed by atoms with Crippen molar-refractivity contribution in [1.82, 2.24) is 5.32 Å². The number of carbonyl (C=O) groups is 3. The number of esters is 1. The van der Waals surface area contributed by atoms with Crippen molar-refractivity contribution in [1.29, 1.82) is 0 Å². The van der Waals surface area contributed by atoms with Crippen LogP contribution in [0.2, 0.25) is 0 Å². The van der Waals surface area contributed by atoms with Crippen LogP contribution < -0.4 is 10.2 Å². The summed E-state index contributed by atoms with van der Waals surface area (Å²) in [4.78, 5) is 39.1. The van der Waals surface area contributed by atoms with E-state index in [1.165, 1.54) is 5.56 Å². The SMILES string of the molecule is CCc1ccccc1N1C[C@@H](C(=O)OCC(=O)N[C@@H]2CCCc3ccccc32)CC1=O. The van der Waals surface area contributed by atoms with Gasteiger partial charge in [0.15, 0.2) is 6.61 Å². The fraction of sp³-hybridized carbons (Fsp3) is 0.400. The normalized spacial score (nSPS) is 20.3. The first-order valence-electron chi connectivity index (χ1n) is 11.0. The zero-order valence-corrected chi connectivity index (χ0v) is 17.8. The summed E-state index contributed by atoms with van der Waals surface area (Å²) in [6.45, 7) is 1.99. The van der Waals surface area contributed by atoms with Crippen LogP contribution in [0.3, 0.4) is 0 Å². The van der Waals surface area contributed by atoms with Crippen LogP contribution >= 0.6 is 0 Å². The maximum Gasteiger partial charge on any atom is 0.311 e. The lowest BCUT2D eigenvalue weighted by Gasteiger charge is -2.26. The lowest BCUT2D eigenvalue weighted by atomic mass is 9.88. The number of rotatable bonds is 6. The molecule has 1 N–H and O–H groups in total. The van der Waals surface area contributed by atoms with E-state index in [1.807, 2.05) is 49.4 Å². The second-order valence-corrected chi connectivity index (χ2v) is 8.21. The molecule has 2 aromatic rings. The lowest BCUT2D eigenvalue weighted by molar-refractivity contribution is -0.152. The van der Waals surface area contributed by atoms with Gasteiger partial charge in [0.05, 0.1) is 12.0 Å². The Morgan fingerprint density at radius 1 is 1.13 bits per heavy atom. The van der Waals surface area contributed by atoms with Crippen molar-refractivity contribution < 1.29 is 19.1 Å². The van der Waals surface area contributed by atoms with E-state index in [2.05, 4.69) is 11.4 Å². The number of amides is 2. The Kier molecular flexibility index (Phi) is 6.35. The average Bonchev–Trinajstić information content (AvgIpc) is 3.19. The Balaban J connectivity index is 1.31. The van der Waals surface area contributed by atoms with Gasteiger partial charge < -0.3 is 15.0 Å². The summed E-state index contributed by atoms with van der Waals surface area (Å²) in [5.74, 6) is -1.46. The first-order valence-corrected chi connectivity index (χ1v) is 11.0. The highest BCUT2D eigenvalue weighted by atomic mass is 16.5. The number of aryl methyl sites for hydroxylation is 2. The van der Waals surface area contributed by atoms with Gasteiger partial charge in [-0.15, -0.1) is 0 Å². The third-order valence-electron chi connectivity index (χ3n) is 6.17. The third kappa shape index (κ3) is 4.63. The Morgan fingerprint density at radius 2 is 1.90 bits per heavy atom. The number of anilines is 1. The van der Waals surface area contributed by atoms with E-state index in [-0.39, 0.29) is 37.4 Å². The van der Waals surface area contributed by atoms with Crippen LogP contribution in [-0.2, 0) is 32.0 Å². The van der Waals surface area contributed by atoms with E-state index in [4.69, 9.17) is 4.74 Å². The molecule has 1 saturated heterocycles. The van der Waals surface area contributed by atoms with Crippen molar-refractivity contribution in [2.45, 2.75) is 45.1 Å². The molecule has 6 heteroatoms. The largest absolute Gasteiger partial charge is 0.455 e. The molecular formula is C25H28N2O4. The summed E-state index contributed by atoms with van der Waals surface area (Å²) >= 11 is 0. The van der Waals surface area contributed by atoms with Crippen LogP contribution in [0.25, 0.3) is 0 Å². The zero-order chi connectivity index (χ0) is 21.8. The molecule has 4 rings (SSSR count). The summed E-state index contributed by atoms with van der Waals surface area (Å²) in [6.07, 6.45) is 3.82. The molecule has 1 fully saturated rings. The van der Waals surface area contributed by atoms with Gasteiger partial charge in [0, 0.05) is 18.7 Å². The second kappa shape index (κ2) is 9.33. The summed E-state index contributed by atoms with van der Waals surface area (Å²) < 4.78 is 5.28. The molecule has 2 aromatic carbocycles. The second-order valence-electron chi connectivity index (χ2n) is 8.21. The molecule has 0 spiro atoms. The molecule has 31 heavy (non-hydrogen) atoms. The van der Waals surface area contributed by atoms with Gasteiger partial charge in [-0.3, -0.25) is 14.4 Å². The highest BCUT2D eigenvalue weighted by Crippen LogP contribution is 2.30. The fourth-order valence-corrected chi connectivity index (χ4v) is 4.57. The lowest BCUT2D eigenvalue weighted by Crippen LogP contribution is -2.35. The van der Waals surface area contributed by atoms with Gasteiger partial charge in [0.1, 0.15) is 0 Å². The number of hydrogen-bond donors (Lipinski definition) is 1. The average molecular weight is 421 g/mol. The third-order valence-corrected chi connectivity index (χ3v) is 6.17. The van der Waals surface area contributed by atoms with Crippen molar-refractivity contribution >= 4 is 23.5 Å². The van der Waals surface area contributed by atoms with Crippen LogP contribution in [0, 0.1) is 5.92 Å². The number of nitrogens with zero attached hydrogens (tertiary/aromatic N) is 1. The van der Waals surface area contributed by atoms with E-state index in [1.54, 1.807) is 4.90 Å². The van der Waals surface area contributed by atoms with Gasteiger partial charge in [0.2, 0.25) is 5.91 Å². The quantitative estimate of drug-likeness (QED) is 0.728. The van der Waals surface area contributed by atoms with Crippen LogP contribution in [0.15, 0.2) is 48.5 Å². The van der Waals surface area contributed by atoms with Crippen LogP contribution in [0.1, 0.15) is 48.9 Å². The molecule has 6 nitrogen and oxygen atoms in total. The van der Waals surface area contributed by atoms with Crippen molar-refractivity contribution in [3.05, 3.63) is 65.2 Å².